The molecular weight excluding hydrogens is 270 g/mol. The number of benzene rings is 2. The van der Waals surface area contributed by atoms with Gasteiger partial charge >= 0.3 is 0 Å². The van der Waals surface area contributed by atoms with Crippen molar-refractivity contribution in [2.45, 2.75) is 13.5 Å². The van der Waals surface area contributed by atoms with Crippen LogP contribution in [0.3, 0.4) is 0 Å². The summed E-state index contributed by atoms with van der Waals surface area (Å²) in [5.74, 6) is 6.83. The average Bonchev–Trinajstić information content (AvgIpc) is 2.90. The van der Waals surface area contributed by atoms with E-state index in [1.54, 1.807) is 0 Å². The van der Waals surface area contributed by atoms with Crippen LogP contribution in [0.4, 0.5) is 5.82 Å². The molecule has 1 aromatic heterocycles. The second-order valence-corrected chi connectivity index (χ2v) is 4.91. The first-order valence-corrected chi connectivity index (χ1v) is 7.28. The fraction of sp³-hybridized carbons (Fsp3) is 0.105. The molecule has 22 heavy (non-hydrogen) atoms. The first-order valence-electron chi connectivity index (χ1n) is 7.28. The molecule has 0 fully saturated rings. The molecule has 3 nitrogen and oxygen atoms in total. The zero-order valence-electron chi connectivity index (χ0n) is 12.5. The van der Waals surface area contributed by atoms with Crippen molar-refractivity contribution >= 4 is 5.82 Å². The Balaban J connectivity index is 2.12. The lowest BCUT2D eigenvalue weighted by molar-refractivity contribution is 0.670. The first kappa shape index (κ1) is 14.0. The van der Waals surface area contributed by atoms with E-state index in [2.05, 4.69) is 29.1 Å². The summed E-state index contributed by atoms with van der Waals surface area (Å²) < 4.78 is 1.90. The van der Waals surface area contributed by atoms with Crippen LogP contribution in [0.1, 0.15) is 18.1 Å². The van der Waals surface area contributed by atoms with Gasteiger partial charge in [-0.2, -0.15) is 5.10 Å². The first-order chi connectivity index (χ1) is 10.8. The van der Waals surface area contributed by atoms with Crippen molar-refractivity contribution in [2.75, 3.05) is 5.73 Å². The van der Waals surface area contributed by atoms with E-state index >= 15 is 0 Å². The third kappa shape index (κ3) is 2.72. The summed E-state index contributed by atoms with van der Waals surface area (Å²) in [6.07, 6.45) is 0. The number of hydrogen-bond donors (Lipinski definition) is 1. The summed E-state index contributed by atoms with van der Waals surface area (Å²) in [7, 11) is 0. The third-order valence-corrected chi connectivity index (χ3v) is 3.43. The molecule has 0 aliphatic carbocycles. The van der Waals surface area contributed by atoms with Crippen molar-refractivity contribution in [3.63, 3.8) is 0 Å². The number of anilines is 1. The van der Waals surface area contributed by atoms with Gasteiger partial charge in [-0.15, -0.1) is 0 Å². The molecule has 3 heteroatoms. The highest BCUT2D eigenvalue weighted by atomic mass is 15.3. The molecule has 108 valence electrons. The zero-order valence-corrected chi connectivity index (χ0v) is 12.5. The number of nitrogens with two attached hydrogens (primary N) is 1. The number of rotatable bonds is 2. The fourth-order valence-corrected chi connectivity index (χ4v) is 2.38. The molecule has 0 unspecified atom stereocenters. The Kier molecular flexibility index (Phi) is 3.93. The van der Waals surface area contributed by atoms with Gasteiger partial charge in [0.15, 0.2) is 5.82 Å². The topological polar surface area (TPSA) is 43.8 Å². The molecule has 2 aromatic carbocycles. The second kappa shape index (κ2) is 6.19. The molecule has 3 rings (SSSR count). The van der Waals surface area contributed by atoms with Gasteiger partial charge in [-0.05, 0) is 19.1 Å². The van der Waals surface area contributed by atoms with Gasteiger partial charge in [0.2, 0.25) is 0 Å². The van der Waals surface area contributed by atoms with Crippen molar-refractivity contribution in [3.8, 4) is 23.1 Å². The third-order valence-electron chi connectivity index (χ3n) is 3.43. The minimum absolute atomic E-state index is 0.476. The highest BCUT2D eigenvalue weighted by Crippen LogP contribution is 2.27. The Hall–Kier alpha value is -2.99. The Morgan fingerprint density at radius 1 is 0.955 bits per heavy atom. The van der Waals surface area contributed by atoms with Crippen LogP contribution in [0, 0.1) is 11.8 Å². The summed E-state index contributed by atoms with van der Waals surface area (Å²) in [6, 6.07) is 20.0. The van der Waals surface area contributed by atoms with E-state index in [1.807, 2.05) is 60.1 Å². The quantitative estimate of drug-likeness (QED) is 0.732. The van der Waals surface area contributed by atoms with Crippen LogP contribution in [0.2, 0.25) is 0 Å². The van der Waals surface area contributed by atoms with E-state index in [0.29, 0.717) is 5.82 Å². The van der Waals surface area contributed by atoms with Gasteiger partial charge < -0.3 is 5.73 Å². The molecule has 0 spiro atoms. The van der Waals surface area contributed by atoms with Crippen molar-refractivity contribution in [3.05, 3.63) is 71.8 Å². The summed E-state index contributed by atoms with van der Waals surface area (Å²) in [5, 5.41) is 4.41. The molecule has 0 radical (unpaired) electrons. The standard InChI is InChI=1S/C19H17N3/c1-2-22-18(16-11-7-4-8-12-16)17(19(20)21-22)14-13-15-9-5-3-6-10-15/h3-12H,2H2,1H3,(H2,20,21). The van der Waals surface area contributed by atoms with Crippen LogP contribution in [0.15, 0.2) is 60.7 Å². The summed E-state index contributed by atoms with van der Waals surface area (Å²) in [6.45, 7) is 2.80. The van der Waals surface area contributed by atoms with Crippen molar-refractivity contribution < 1.29 is 0 Å². The molecule has 0 bridgehead atoms. The molecule has 0 amide bonds. The predicted molar refractivity (Wildman–Crippen MR) is 90.2 cm³/mol. The lowest BCUT2D eigenvalue weighted by Crippen LogP contribution is -1.99. The van der Waals surface area contributed by atoms with Crippen molar-refractivity contribution in [1.82, 2.24) is 9.78 Å². The summed E-state index contributed by atoms with van der Waals surface area (Å²) in [5.41, 5.74) is 9.89. The Labute approximate surface area is 130 Å². The van der Waals surface area contributed by atoms with Crippen LogP contribution < -0.4 is 5.73 Å². The van der Waals surface area contributed by atoms with E-state index < -0.39 is 0 Å². The van der Waals surface area contributed by atoms with Gasteiger partial charge in [0, 0.05) is 17.7 Å². The number of hydrogen-bond acceptors (Lipinski definition) is 2. The number of aryl methyl sites for hydroxylation is 1. The number of aromatic nitrogens is 2. The SMILES string of the molecule is CCn1nc(N)c(C#Cc2ccccc2)c1-c1ccccc1. The summed E-state index contributed by atoms with van der Waals surface area (Å²) >= 11 is 0. The van der Waals surface area contributed by atoms with Crippen LogP contribution >= 0.6 is 0 Å². The highest BCUT2D eigenvalue weighted by Gasteiger charge is 2.15. The maximum Gasteiger partial charge on any atom is 0.161 e. The zero-order chi connectivity index (χ0) is 15.4. The van der Waals surface area contributed by atoms with Crippen LogP contribution in [-0.2, 0) is 6.54 Å². The van der Waals surface area contributed by atoms with Crippen molar-refractivity contribution in [1.29, 1.82) is 0 Å². The number of nitrogen functional groups attached to an aromatic ring is 1. The summed E-state index contributed by atoms with van der Waals surface area (Å²) in [4.78, 5) is 0. The van der Waals surface area contributed by atoms with Crippen molar-refractivity contribution in [2.24, 2.45) is 0 Å². The Morgan fingerprint density at radius 2 is 1.59 bits per heavy atom. The molecule has 0 aliphatic heterocycles. The lowest BCUT2D eigenvalue weighted by atomic mass is 10.1. The number of nitrogens with zero attached hydrogens (tertiary/aromatic N) is 2. The minimum Gasteiger partial charge on any atom is -0.381 e. The maximum atomic E-state index is 6.08. The van der Waals surface area contributed by atoms with Crippen LogP contribution in [0.5, 0.6) is 0 Å². The van der Waals surface area contributed by atoms with E-state index in [1.165, 1.54) is 0 Å². The van der Waals surface area contributed by atoms with Gasteiger partial charge in [-0.1, -0.05) is 60.4 Å². The van der Waals surface area contributed by atoms with Crippen LogP contribution in [-0.4, -0.2) is 9.78 Å². The largest absolute Gasteiger partial charge is 0.381 e. The molecule has 0 atom stereocenters. The van der Waals surface area contributed by atoms with Crippen LogP contribution in [0.25, 0.3) is 11.3 Å². The minimum atomic E-state index is 0.476. The maximum absolute atomic E-state index is 6.08. The van der Waals surface area contributed by atoms with E-state index in [9.17, 15) is 0 Å². The van der Waals surface area contributed by atoms with Gasteiger partial charge in [0.05, 0.1) is 11.3 Å². The molecule has 0 aliphatic rings. The molecule has 1 heterocycles. The highest BCUT2D eigenvalue weighted by molar-refractivity contribution is 5.74. The monoisotopic (exact) mass is 287 g/mol. The fourth-order valence-electron chi connectivity index (χ4n) is 2.38. The molecule has 3 aromatic rings. The Morgan fingerprint density at radius 3 is 2.23 bits per heavy atom. The molecule has 0 saturated carbocycles. The van der Waals surface area contributed by atoms with Gasteiger partial charge in [-0.25, -0.2) is 0 Å². The predicted octanol–water partition coefficient (Wildman–Crippen LogP) is 3.55. The van der Waals surface area contributed by atoms with Gasteiger partial charge in [0.25, 0.3) is 0 Å². The molecule has 2 N–H and O–H groups in total. The van der Waals surface area contributed by atoms with E-state index in [0.717, 1.165) is 28.9 Å². The van der Waals surface area contributed by atoms with Gasteiger partial charge in [-0.3, -0.25) is 4.68 Å². The van der Waals surface area contributed by atoms with E-state index in [4.69, 9.17) is 5.73 Å². The molecule has 0 saturated heterocycles. The Bertz CT molecular complexity index is 822. The second-order valence-electron chi connectivity index (χ2n) is 4.91. The van der Waals surface area contributed by atoms with Gasteiger partial charge in [0.1, 0.15) is 0 Å². The smallest absolute Gasteiger partial charge is 0.161 e. The molecular formula is C19H17N3. The normalized spacial score (nSPS) is 10.0. The lowest BCUT2D eigenvalue weighted by Gasteiger charge is -2.05. The van der Waals surface area contributed by atoms with E-state index in [-0.39, 0.29) is 0 Å². The average molecular weight is 287 g/mol.